The van der Waals surface area contributed by atoms with Crippen LogP contribution in [-0.2, 0) is 4.79 Å². The van der Waals surface area contributed by atoms with E-state index in [1.54, 1.807) is 24.3 Å². The van der Waals surface area contributed by atoms with Gasteiger partial charge in [-0.15, -0.1) is 0 Å². The third kappa shape index (κ3) is 3.39. The smallest absolute Gasteiger partial charge is 0.270 e. The van der Waals surface area contributed by atoms with Crippen LogP contribution in [0.3, 0.4) is 0 Å². The molecule has 29 heavy (non-hydrogen) atoms. The molecule has 2 aromatic rings. The second-order valence-electron chi connectivity index (χ2n) is 8.13. The molecule has 5 nitrogen and oxygen atoms in total. The molecule has 2 amide bonds. The van der Waals surface area contributed by atoms with Gasteiger partial charge in [0.1, 0.15) is 17.2 Å². The molecule has 1 N–H and O–H groups in total. The van der Waals surface area contributed by atoms with Crippen LogP contribution in [0, 0.1) is 11.2 Å². The number of rotatable bonds is 3. The molecule has 1 aliphatic carbocycles. The van der Waals surface area contributed by atoms with Crippen LogP contribution in [0.25, 0.3) is 0 Å². The molecule has 3 atom stereocenters. The van der Waals surface area contributed by atoms with Gasteiger partial charge in [-0.3, -0.25) is 14.6 Å². The summed E-state index contributed by atoms with van der Waals surface area (Å²) in [5, 5.41) is 2.91. The Labute approximate surface area is 168 Å². The Morgan fingerprint density at radius 3 is 2.83 bits per heavy atom. The second kappa shape index (κ2) is 7.21. The van der Waals surface area contributed by atoms with Gasteiger partial charge in [-0.2, -0.15) is 0 Å². The number of anilines is 1. The summed E-state index contributed by atoms with van der Waals surface area (Å²) < 4.78 is 29.4. The number of halogens is 2. The monoisotopic (exact) mass is 399 g/mol. The first kappa shape index (κ1) is 19.5. The molecule has 3 unspecified atom stereocenters. The van der Waals surface area contributed by atoms with Gasteiger partial charge in [-0.1, -0.05) is 18.6 Å². The summed E-state index contributed by atoms with van der Waals surface area (Å²) in [6.07, 6.45) is 3.44. The van der Waals surface area contributed by atoms with Crippen LogP contribution in [0.1, 0.15) is 43.1 Å². The molecule has 1 aliphatic heterocycles. The van der Waals surface area contributed by atoms with E-state index in [0.29, 0.717) is 24.9 Å². The lowest BCUT2D eigenvalue weighted by Gasteiger charge is -2.41. The fourth-order valence-electron chi connectivity index (χ4n) is 4.68. The highest BCUT2D eigenvalue weighted by Crippen LogP contribution is 2.53. The van der Waals surface area contributed by atoms with E-state index in [4.69, 9.17) is 0 Å². The first-order valence-corrected chi connectivity index (χ1v) is 9.81. The van der Waals surface area contributed by atoms with Gasteiger partial charge in [0, 0.05) is 17.9 Å². The number of nitrogens with one attached hydrogen (secondary N) is 1. The Morgan fingerprint density at radius 1 is 1.28 bits per heavy atom. The standard InChI is InChI=1S/C22H23F2N3O2/c1-21(24)14-27(17-8-4-6-15(23)12-17)20(29)22(21)10-5-7-16(13-22)26-19(28)18-9-2-3-11-25-18/h2-4,6,8-9,11-12,16H,5,7,10,13-14H2,1H3,(H,26,28). The van der Waals surface area contributed by atoms with Crippen LogP contribution < -0.4 is 10.2 Å². The Hall–Kier alpha value is -2.83. The molecule has 1 saturated heterocycles. The molecule has 7 heteroatoms. The van der Waals surface area contributed by atoms with E-state index < -0.39 is 16.9 Å². The normalized spacial score (nSPS) is 29.3. The lowest BCUT2D eigenvalue weighted by atomic mass is 9.65. The van der Waals surface area contributed by atoms with Crippen LogP contribution in [0.15, 0.2) is 48.7 Å². The molecular weight excluding hydrogens is 376 g/mol. The number of carbonyl (C=O) groups excluding carboxylic acids is 2. The molecule has 1 spiro atoms. The maximum Gasteiger partial charge on any atom is 0.270 e. The summed E-state index contributed by atoms with van der Waals surface area (Å²) in [6.45, 7) is 1.31. The van der Waals surface area contributed by atoms with E-state index in [0.717, 1.165) is 0 Å². The Kier molecular flexibility index (Phi) is 4.84. The van der Waals surface area contributed by atoms with Crippen molar-refractivity contribution in [3.63, 3.8) is 0 Å². The summed E-state index contributed by atoms with van der Waals surface area (Å²) in [5.41, 5.74) is -2.38. The number of aromatic nitrogens is 1. The molecular formula is C22H23F2N3O2. The number of hydrogen-bond acceptors (Lipinski definition) is 3. The SMILES string of the molecule is CC1(F)CN(c2cccc(F)c2)C(=O)C12CCCC(NC(=O)c1ccccn1)C2. The van der Waals surface area contributed by atoms with Crippen LogP contribution in [0.4, 0.5) is 14.5 Å². The fraction of sp³-hybridized carbons (Fsp3) is 0.409. The van der Waals surface area contributed by atoms with Crippen molar-refractivity contribution in [3.8, 4) is 0 Å². The lowest BCUT2D eigenvalue weighted by Crippen LogP contribution is -2.52. The number of benzene rings is 1. The minimum Gasteiger partial charge on any atom is -0.348 e. The summed E-state index contributed by atoms with van der Waals surface area (Å²) in [5.74, 6) is -1.15. The first-order chi connectivity index (χ1) is 13.8. The van der Waals surface area contributed by atoms with E-state index in [1.165, 1.54) is 36.2 Å². The fourth-order valence-corrected chi connectivity index (χ4v) is 4.68. The van der Waals surface area contributed by atoms with Crippen molar-refractivity contribution >= 4 is 17.5 Å². The zero-order chi connectivity index (χ0) is 20.6. The predicted octanol–water partition coefficient (Wildman–Crippen LogP) is 3.65. The molecule has 152 valence electrons. The summed E-state index contributed by atoms with van der Waals surface area (Å²) in [4.78, 5) is 31.2. The maximum atomic E-state index is 15.8. The summed E-state index contributed by atoms with van der Waals surface area (Å²) in [6, 6.07) is 10.4. The molecule has 0 radical (unpaired) electrons. The van der Waals surface area contributed by atoms with Gasteiger partial charge >= 0.3 is 0 Å². The minimum absolute atomic E-state index is 0.129. The Bertz CT molecular complexity index is 935. The molecule has 2 fully saturated rings. The first-order valence-electron chi connectivity index (χ1n) is 9.81. The topological polar surface area (TPSA) is 62.3 Å². The lowest BCUT2D eigenvalue weighted by molar-refractivity contribution is -0.133. The highest BCUT2D eigenvalue weighted by Gasteiger charge is 2.63. The highest BCUT2D eigenvalue weighted by atomic mass is 19.1. The highest BCUT2D eigenvalue weighted by molar-refractivity contribution is 6.01. The third-order valence-electron chi connectivity index (χ3n) is 6.21. The summed E-state index contributed by atoms with van der Waals surface area (Å²) >= 11 is 0. The largest absolute Gasteiger partial charge is 0.348 e. The number of alkyl halides is 1. The van der Waals surface area contributed by atoms with Gasteiger partial charge in [0.25, 0.3) is 5.91 Å². The van der Waals surface area contributed by atoms with Crippen LogP contribution in [0.5, 0.6) is 0 Å². The van der Waals surface area contributed by atoms with E-state index in [1.807, 2.05) is 0 Å². The average Bonchev–Trinajstić information content (AvgIpc) is 2.89. The number of hydrogen-bond donors (Lipinski definition) is 1. The zero-order valence-electron chi connectivity index (χ0n) is 16.2. The van der Waals surface area contributed by atoms with Crippen LogP contribution in [0.2, 0.25) is 0 Å². The van der Waals surface area contributed by atoms with Gasteiger partial charge < -0.3 is 10.2 Å². The van der Waals surface area contributed by atoms with Crippen LogP contribution >= 0.6 is 0 Å². The van der Waals surface area contributed by atoms with Crippen molar-refractivity contribution in [1.29, 1.82) is 0 Å². The van der Waals surface area contributed by atoms with E-state index in [2.05, 4.69) is 10.3 Å². The Morgan fingerprint density at radius 2 is 2.10 bits per heavy atom. The molecule has 2 heterocycles. The summed E-state index contributed by atoms with van der Waals surface area (Å²) in [7, 11) is 0. The van der Waals surface area contributed by atoms with Gasteiger partial charge in [-0.25, -0.2) is 8.78 Å². The number of amides is 2. The third-order valence-corrected chi connectivity index (χ3v) is 6.21. The van der Waals surface area contributed by atoms with Gasteiger partial charge in [0.2, 0.25) is 5.91 Å². The average molecular weight is 399 g/mol. The number of nitrogens with zero attached hydrogens (tertiary/aromatic N) is 2. The molecule has 1 saturated carbocycles. The van der Waals surface area contributed by atoms with Crippen molar-refractivity contribution < 1.29 is 18.4 Å². The van der Waals surface area contributed by atoms with Crippen molar-refractivity contribution in [2.75, 3.05) is 11.4 Å². The zero-order valence-corrected chi connectivity index (χ0v) is 16.2. The number of pyridine rings is 1. The molecule has 2 aliphatic rings. The molecule has 1 aromatic carbocycles. The van der Waals surface area contributed by atoms with Crippen molar-refractivity contribution in [1.82, 2.24) is 10.3 Å². The van der Waals surface area contributed by atoms with Crippen molar-refractivity contribution in [2.45, 2.75) is 44.3 Å². The predicted molar refractivity (Wildman–Crippen MR) is 105 cm³/mol. The molecule has 0 bridgehead atoms. The van der Waals surface area contributed by atoms with Crippen molar-refractivity contribution in [2.24, 2.45) is 5.41 Å². The van der Waals surface area contributed by atoms with E-state index in [9.17, 15) is 14.0 Å². The quantitative estimate of drug-likeness (QED) is 0.857. The molecule has 1 aromatic heterocycles. The Balaban J connectivity index is 1.57. The second-order valence-corrected chi connectivity index (χ2v) is 8.13. The van der Waals surface area contributed by atoms with E-state index >= 15 is 4.39 Å². The van der Waals surface area contributed by atoms with Crippen LogP contribution in [-0.4, -0.2) is 35.1 Å². The van der Waals surface area contributed by atoms with Crippen molar-refractivity contribution in [3.05, 3.63) is 60.2 Å². The minimum atomic E-state index is -1.79. The molecule has 4 rings (SSSR count). The van der Waals surface area contributed by atoms with Gasteiger partial charge in [0.05, 0.1) is 12.0 Å². The number of carbonyl (C=O) groups is 2. The maximum absolute atomic E-state index is 15.8. The van der Waals surface area contributed by atoms with Gasteiger partial charge in [0.15, 0.2) is 0 Å². The van der Waals surface area contributed by atoms with Gasteiger partial charge in [-0.05, 0) is 56.5 Å². The van der Waals surface area contributed by atoms with E-state index in [-0.39, 0.29) is 36.5 Å².